The van der Waals surface area contributed by atoms with E-state index in [0.29, 0.717) is 0 Å². The zero-order chi connectivity index (χ0) is 14.3. The van der Waals surface area contributed by atoms with Gasteiger partial charge in [0.25, 0.3) is 0 Å². The molecule has 0 amide bonds. The highest BCUT2D eigenvalue weighted by Crippen LogP contribution is 2.40. The SMILES string of the molecule is FC(F)(F)CC1=Nc2ccccc2C(C(F)(F)F)N1. The fraction of sp³-hybridized carbons (Fsp3) is 0.364. The van der Waals surface area contributed by atoms with E-state index in [0.717, 1.165) is 0 Å². The minimum atomic E-state index is -4.69. The maximum atomic E-state index is 12.8. The van der Waals surface area contributed by atoms with Gasteiger partial charge in [0.05, 0.1) is 5.69 Å². The zero-order valence-electron chi connectivity index (χ0n) is 9.31. The van der Waals surface area contributed by atoms with Gasteiger partial charge < -0.3 is 5.32 Å². The van der Waals surface area contributed by atoms with Crippen LogP contribution in [0.2, 0.25) is 0 Å². The number of hydrogen-bond donors (Lipinski definition) is 1. The van der Waals surface area contributed by atoms with Crippen LogP contribution in [0.15, 0.2) is 29.3 Å². The lowest BCUT2D eigenvalue weighted by Crippen LogP contribution is -2.41. The minimum Gasteiger partial charge on any atom is -0.358 e. The van der Waals surface area contributed by atoms with Crippen molar-refractivity contribution in [3.05, 3.63) is 29.8 Å². The molecule has 1 aromatic rings. The summed E-state index contributed by atoms with van der Waals surface area (Å²) >= 11 is 0. The van der Waals surface area contributed by atoms with E-state index in [9.17, 15) is 26.3 Å². The minimum absolute atomic E-state index is 0.0946. The van der Waals surface area contributed by atoms with Crippen LogP contribution in [0.1, 0.15) is 18.0 Å². The number of halogens is 6. The Morgan fingerprint density at radius 2 is 1.68 bits per heavy atom. The molecule has 8 heteroatoms. The smallest absolute Gasteiger partial charge is 0.358 e. The average molecular weight is 282 g/mol. The molecule has 0 fully saturated rings. The first-order chi connectivity index (χ1) is 8.67. The van der Waals surface area contributed by atoms with Crippen molar-refractivity contribution in [2.24, 2.45) is 4.99 Å². The number of amidine groups is 1. The Balaban J connectivity index is 2.40. The lowest BCUT2D eigenvalue weighted by Gasteiger charge is -2.29. The first-order valence-corrected chi connectivity index (χ1v) is 5.23. The Morgan fingerprint density at radius 1 is 1.05 bits per heavy atom. The fourth-order valence-corrected chi connectivity index (χ4v) is 1.79. The summed E-state index contributed by atoms with van der Waals surface area (Å²) in [7, 11) is 0. The topological polar surface area (TPSA) is 24.4 Å². The van der Waals surface area contributed by atoms with E-state index in [1.54, 1.807) is 0 Å². The van der Waals surface area contributed by atoms with Gasteiger partial charge in [-0.15, -0.1) is 0 Å². The van der Waals surface area contributed by atoms with Crippen LogP contribution in [0.25, 0.3) is 0 Å². The van der Waals surface area contributed by atoms with E-state index in [2.05, 4.69) is 4.99 Å². The molecule has 19 heavy (non-hydrogen) atoms. The van der Waals surface area contributed by atoms with Gasteiger partial charge in [0.1, 0.15) is 12.3 Å². The van der Waals surface area contributed by atoms with Crippen molar-refractivity contribution in [2.45, 2.75) is 24.8 Å². The van der Waals surface area contributed by atoms with Gasteiger partial charge in [-0.1, -0.05) is 18.2 Å². The molecule has 1 aliphatic heterocycles. The van der Waals surface area contributed by atoms with Gasteiger partial charge in [-0.05, 0) is 6.07 Å². The summed E-state index contributed by atoms with van der Waals surface area (Å²) in [6, 6.07) is 3.08. The number of aliphatic imine (C=N–C) groups is 1. The molecule has 1 heterocycles. The summed E-state index contributed by atoms with van der Waals surface area (Å²) in [5, 5.41) is 1.81. The maximum Gasteiger partial charge on any atom is 0.412 e. The van der Waals surface area contributed by atoms with E-state index in [1.807, 2.05) is 5.32 Å². The molecule has 2 nitrogen and oxygen atoms in total. The van der Waals surface area contributed by atoms with Crippen molar-refractivity contribution in [2.75, 3.05) is 0 Å². The average Bonchev–Trinajstić information content (AvgIpc) is 2.24. The number of fused-ring (bicyclic) bond motifs is 1. The van der Waals surface area contributed by atoms with Crippen molar-refractivity contribution in [3.8, 4) is 0 Å². The second-order valence-corrected chi connectivity index (χ2v) is 4.03. The molecule has 1 aliphatic rings. The Hall–Kier alpha value is -1.73. The van der Waals surface area contributed by atoms with Gasteiger partial charge in [0, 0.05) is 5.56 Å². The van der Waals surface area contributed by atoms with Crippen molar-refractivity contribution >= 4 is 11.5 Å². The Bertz CT molecular complexity index is 503. The van der Waals surface area contributed by atoms with Crippen LogP contribution in [0.5, 0.6) is 0 Å². The monoisotopic (exact) mass is 282 g/mol. The van der Waals surface area contributed by atoms with Crippen LogP contribution in [-0.2, 0) is 0 Å². The van der Waals surface area contributed by atoms with Crippen molar-refractivity contribution in [1.82, 2.24) is 5.32 Å². The molecule has 1 aromatic carbocycles. The maximum absolute atomic E-state index is 12.8. The van der Waals surface area contributed by atoms with Gasteiger partial charge in [-0.25, -0.2) is 4.99 Å². The number of hydrogen-bond acceptors (Lipinski definition) is 2. The highest BCUT2D eigenvalue weighted by atomic mass is 19.4. The predicted molar refractivity (Wildman–Crippen MR) is 56.1 cm³/mol. The molecule has 0 spiro atoms. The molecule has 104 valence electrons. The largest absolute Gasteiger partial charge is 0.412 e. The fourth-order valence-electron chi connectivity index (χ4n) is 1.79. The predicted octanol–water partition coefficient (Wildman–Crippen LogP) is 3.88. The highest BCUT2D eigenvalue weighted by Gasteiger charge is 2.45. The van der Waals surface area contributed by atoms with Crippen LogP contribution in [-0.4, -0.2) is 18.2 Å². The van der Waals surface area contributed by atoms with E-state index in [1.165, 1.54) is 24.3 Å². The van der Waals surface area contributed by atoms with E-state index < -0.39 is 30.7 Å². The third-order valence-corrected chi connectivity index (χ3v) is 2.51. The number of nitrogens with one attached hydrogen (secondary N) is 1. The molecular formula is C11H8F6N2. The van der Waals surface area contributed by atoms with Gasteiger partial charge in [0.15, 0.2) is 6.04 Å². The number of alkyl halides is 6. The molecule has 0 radical (unpaired) electrons. The Morgan fingerprint density at radius 3 is 2.26 bits per heavy atom. The van der Waals surface area contributed by atoms with Crippen LogP contribution < -0.4 is 5.32 Å². The molecule has 0 bridgehead atoms. The third kappa shape index (κ3) is 3.18. The standard InChI is InChI=1S/C11H8F6N2/c12-10(13,14)5-8-18-7-4-2-1-3-6(7)9(19-8)11(15,16)17/h1-4,9H,5H2,(H,18,19). The van der Waals surface area contributed by atoms with E-state index in [4.69, 9.17) is 0 Å². The Labute approximate surface area is 104 Å². The van der Waals surface area contributed by atoms with Gasteiger partial charge in [-0.2, -0.15) is 26.3 Å². The van der Waals surface area contributed by atoms with Crippen molar-refractivity contribution in [3.63, 3.8) is 0 Å². The second kappa shape index (κ2) is 4.43. The number of benzene rings is 1. The first-order valence-electron chi connectivity index (χ1n) is 5.23. The normalized spacial score (nSPS) is 19.5. The van der Waals surface area contributed by atoms with Crippen LogP contribution in [0.4, 0.5) is 32.0 Å². The molecule has 0 aliphatic carbocycles. The summed E-state index contributed by atoms with van der Waals surface area (Å²) in [4.78, 5) is 3.58. The second-order valence-electron chi connectivity index (χ2n) is 4.03. The van der Waals surface area contributed by atoms with Gasteiger partial charge in [0.2, 0.25) is 0 Å². The third-order valence-electron chi connectivity index (χ3n) is 2.51. The summed E-state index contributed by atoms with van der Waals surface area (Å²) in [6.07, 6.45) is -10.8. The van der Waals surface area contributed by atoms with Gasteiger partial charge >= 0.3 is 12.4 Å². The number of para-hydroxylation sites is 1. The summed E-state index contributed by atoms with van der Waals surface area (Å²) in [5.41, 5.74) is -0.274. The summed E-state index contributed by atoms with van der Waals surface area (Å²) in [5.74, 6) is -0.728. The zero-order valence-corrected chi connectivity index (χ0v) is 9.31. The van der Waals surface area contributed by atoms with Gasteiger partial charge in [-0.3, -0.25) is 0 Å². The number of rotatable bonds is 1. The van der Waals surface area contributed by atoms with Crippen LogP contribution in [0.3, 0.4) is 0 Å². The lowest BCUT2D eigenvalue weighted by atomic mass is 10.0. The molecule has 1 unspecified atom stereocenters. The molecule has 2 rings (SSSR count). The first kappa shape index (κ1) is 13.7. The molecule has 1 N–H and O–H groups in total. The molecule has 0 aromatic heterocycles. The van der Waals surface area contributed by atoms with Crippen molar-refractivity contribution in [1.29, 1.82) is 0 Å². The number of nitrogens with zero attached hydrogens (tertiary/aromatic N) is 1. The quantitative estimate of drug-likeness (QED) is 0.777. The Kier molecular flexibility index (Phi) is 3.19. The molecule has 0 saturated heterocycles. The molecule has 1 atom stereocenters. The molecular weight excluding hydrogens is 274 g/mol. The van der Waals surface area contributed by atoms with E-state index >= 15 is 0 Å². The highest BCUT2D eigenvalue weighted by molar-refractivity contribution is 5.88. The van der Waals surface area contributed by atoms with Crippen LogP contribution >= 0.6 is 0 Å². The lowest BCUT2D eigenvalue weighted by molar-refractivity contribution is -0.155. The van der Waals surface area contributed by atoms with Crippen molar-refractivity contribution < 1.29 is 26.3 Å². The summed E-state index contributed by atoms with van der Waals surface area (Å²) < 4.78 is 75.2. The summed E-state index contributed by atoms with van der Waals surface area (Å²) in [6.45, 7) is 0. The van der Waals surface area contributed by atoms with E-state index in [-0.39, 0.29) is 11.3 Å². The van der Waals surface area contributed by atoms with Crippen LogP contribution in [0, 0.1) is 0 Å². The molecule has 0 saturated carbocycles.